The number of carbonyl (C=O) groups excluding carboxylic acids is 1. The number of hydrogen-bond donors (Lipinski definition) is 2. The zero-order valence-corrected chi connectivity index (χ0v) is 9.30. The molecule has 7 nitrogen and oxygen atoms in total. The Morgan fingerprint density at radius 1 is 1.59 bits per heavy atom. The monoisotopic (exact) mass is 239 g/mol. The Bertz CT molecular complexity index is 434. The molecule has 1 aromatic rings. The lowest BCUT2D eigenvalue weighted by atomic mass is 10.2. The molecule has 1 aromatic carbocycles. The Hall–Kier alpha value is -2.15. The van der Waals surface area contributed by atoms with E-state index in [0.717, 1.165) is 5.56 Å². The Morgan fingerprint density at radius 3 is 2.88 bits per heavy atom. The summed E-state index contributed by atoms with van der Waals surface area (Å²) in [6.07, 6.45) is 0.0432. The third-order valence-electron chi connectivity index (χ3n) is 2.06. The molecule has 92 valence electrons. The average molecular weight is 239 g/mol. The van der Waals surface area contributed by atoms with Gasteiger partial charge in [0.05, 0.1) is 18.0 Å². The standard InChI is InChI=1S/C10H13N3O4/c1-7-2-3-9(8(6-7)13(15)16)17-5-4-10(14)12-11/h2-3,6H,4-5,11H2,1H3,(H,12,14). The summed E-state index contributed by atoms with van der Waals surface area (Å²) >= 11 is 0. The SMILES string of the molecule is Cc1ccc(OCCC(=O)NN)c([N+](=O)[O-])c1. The molecule has 1 amide bonds. The minimum Gasteiger partial charge on any atom is -0.486 e. The van der Waals surface area contributed by atoms with E-state index in [1.807, 2.05) is 5.43 Å². The lowest BCUT2D eigenvalue weighted by Crippen LogP contribution is -2.31. The summed E-state index contributed by atoms with van der Waals surface area (Å²) in [5.74, 6) is 4.64. The van der Waals surface area contributed by atoms with Gasteiger partial charge in [0.1, 0.15) is 0 Å². The molecule has 7 heteroatoms. The molecule has 0 radical (unpaired) electrons. The Labute approximate surface area is 97.7 Å². The molecule has 0 aliphatic carbocycles. The van der Waals surface area contributed by atoms with Gasteiger partial charge in [0.25, 0.3) is 0 Å². The average Bonchev–Trinajstić information content (AvgIpc) is 2.30. The second-order valence-corrected chi connectivity index (χ2v) is 3.39. The van der Waals surface area contributed by atoms with E-state index in [0.29, 0.717) is 0 Å². The minimum absolute atomic E-state index is 0.0347. The first-order valence-electron chi connectivity index (χ1n) is 4.92. The van der Waals surface area contributed by atoms with Crippen LogP contribution in [0.25, 0.3) is 0 Å². The second-order valence-electron chi connectivity index (χ2n) is 3.39. The van der Waals surface area contributed by atoms with E-state index in [2.05, 4.69) is 0 Å². The van der Waals surface area contributed by atoms with Crippen molar-refractivity contribution in [3.8, 4) is 5.75 Å². The van der Waals surface area contributed by atoms with Crippen LogP contribution in [0.1, 0.15) is 12.0 Å². The van der Waals surface area contributed by atoms with Crippen LogP contribution in [0.15, 0.2) is 18.2 Å². The van der Waals surface area contributed by atoms with E-state index in [1.165, 1.54) is 12.1 Å². The fourth-order valence-corrected chi connectivity index (χ4v) is 1.22. The van der Waals surface area contributed by atoms with E-state index in [4.69, 9.17) is 10.6 Å². The lowest BCUT2D eigenvalue weighted by molar-refractivity contribution is -0.385. The fraction of sp³-hybridized carbons (Fsp3) is 0.300. The zero-order chi connectivity index (χ0) is 12.8. The third kappa shape index (κ3) is 3.72. The van der Waals surface area contributed by atoms with Crippen LogP contribution >= 0.6 is 0 Å². The van der Waals surface area contributed by atoms with Gasteiger partial charge in [-0.2, -0.15) is 0 Å². The van der Waals surface area contributed by atoms with E-state index < -0.39 is 4.92 Å². The smallest absolute Gasteiger partial charge is 0.311 e. The highest BCUT2D eigenvalue weighted by Gasteiger charge is 2.15. The molecule has 0 atom stereocenters. The van der Waals surface area contributed by atoms with Gasteiger partial charge < -0.3 is 4.74 Å². The summed E-state index contributed by atoms with van der Waals surface area (Å²) in [5, 5.41) is 10.8. The first-order valence-corrected chi connectivity index (χ1v) is 4.92. The zero-order valence-electron chi connectivity index (χ0n) is 9.30. The van der Waals surface area contributed by atoms with Crippen LogP contribution in [0, 0.1) is 17.0 Å². The molecule has 3 N–H and O–H groups in total. The Balaban J connectivity index is 2.70. The van der Waals surface area contributed by atoms with Crippen LogP contribution in [0.3, 0.4) is 0 Å². The van der Waals surface area contributed by atoms with Crippen molar-refractivity contribution in [2.24, 2.45) is 5.84 Å². The van der Waals surface area contributed by atoms with Crippen LogP contribution in [-0.2, 0) is 4.79 Å². The molecule has 0 spiro atoms. The summed E-state index contributed by atoms with van der Waals surface area (Å²) in [4.78, 5) is 21.1. The van der Waals surface area contributed by atoms with Crippen molar-refractivity contribution >= 4 is 11.6 Å². The number of ether oxygens (including phenoxy) is 1. The number of nitro benzene ring substituents is 1. The molecule has 0 heterocycles. The van der Waals surface area contributed by atoms with Gasteiger partial charge in [0, 0.05) is 6.07 Å². The number of carbonyl (C=O) groups is 1. The molecule has 0 unspecified atom stereocenters. The van der Waals surface area contributed by atoms with Crippen molar-refractivity contribution in [1.82, 2.24) is 5.43 Å². The van der Waals surface area contributed by atoms with Gasteiger partial charge in [-0.1, -0.05) is 6.07 Å². The summed E-state index contributed by atoms with van der Waals surface area (Å²) in [6, 6.07) is 4.62. The largest absolute Gasteiger partial charge is 0.486 e. The number of nitrogens with two attached hydrogens (primary N) is 1. The number of nitrogens with zero attached hydrogens (tertiary/aromatic N) is 1. The number of rotatable bonds is 5. The maximum Gasteiger partial charge on any atom is 0.311 e. The van der Waals surface area contributed by atoms with Crippen LogP contribution in [0.2, 0.25) is 0 Å². The lowest BCUT2D eigenvalue weighted by Gasteiger charge is -2.06. The summed E-state index contributed by atoms with van der Waals surface area (Å²) in [6.45, 7) is 1.78. The van der Waals surface area contributed by atoms with Gasteiger partial charge in [-0.3, -0.25) is 20.3 Å². The number of nitro groups is 1. The summed E-state index contributed by atoms with van der Waals surface area (Å²) < 4.78 is 5.17. The number of nitrogens with one attached hydrogen (secondary N) is 1. The maximum absolute atomic E-state index is 10.8. The maximum atomic E-state index is 10.8. The van der Waals surface area contributed by atoms with Gasteiger partial charge >= 0.3 is 5.69 Å². The third-order valence-corrected chi connectivity index (χ3v) is 2.06. The summed E-state index contributed by atoms with van der Waals surface area (Å²) in [5.41, 5.74) is 2.60. The minimum atomic E-state index is -0.522. The molecule has 0 aliphatic heterocycles. The van der Waals surface area contributed by atoms with Crippen molar-refractivity contribution in [3.63, 3.8) is 0 Å². The first-order chi connectivity index (χ1) is 8.04. The van der Waals surface area contributed by atoms with Crippen molar-refractivity contribution in [2.75, 3.05) is 6.61 Å². The molecule has 0 bridgehead atoms. The van der Waals surface area contributed by atoms with Crippen molar-refractivity contribution in [2.45, 2.75) is 13.3 Å². The van der Waals surface area contributed by atoms with Crippen molar-refractivity contribution in [3.05, 3.63) is 33.9 Å². The number of hydrazine groups is 1. The number of aryl methyl sites for hydroxylation is 1. The van der Waals surface area contributed by atoms with E-state index >= 15 is 0 Å². The van der Waals surface area contributed by atoms with Gasteiger partial charge in [-0.25, -0.2) is 5.84 Å². The quantitative estimate of drug-likeness (QED) is 0.339. The highest BCUT2D eigenvalue weighted by molar-refractivity contribution is 5.75. The number of benzene rings is 1. The van der Waals surface area contributed by atoms with E-state index in [9.17, 15) is 14.9 Å². The Morgan fingerprint density at radius 2 is 2.29 bits per heavy atom. The molecule has 1 rings (SSSR count). The number of amides is 1. The predicted molar refractivity (Wildman–Crippen MR) is 60.3 cm³/mol. The summed E-state index contributed by atoms with van der Waals surface area (Å²) in [7, 11) is 0. The van der Waals surface area contributed by atoms with Gasteiger partial charge in [0.2, 0.25) is 5.91 Å². The van der Waals surface area contributed by atoms with Crippen molar-refractivity contribution in [1.29, 1.82) is 0 Å². The highest BCUT2D eigenvalue weighted by atomic mass is 16.6. The van der Waals surface area contributed by atoms with Gasteiger partial charge in [-0.05, 0) is 18.6 Å². The fourth-order valence-electron chi connectivity index (χ4n) is 1.22. The normalized spacial score (nSPS) is 9.76. The van der Waals surface area contributed by atoms with Gasteiger partial charge in [-0.15, -0.1) is 0 Å². The van der Waals surface area contributed by atoms with Crippen LogP contribution in [0.5, 0.6) is 5.75 Å². The van der Waals surface area contributed by atoms with Crippen LogP contribution in [-0.4, -0.2) is 17.4 Å². The molecule has 0 aliphatic rings. The van der Waals surface area contributed by atoms with E-state index in [1.54, 1.807) is 13.0 Å². The molecular weight excluding hydrogens is 226 g/mol. The van der Waals surface area contributed by atoms with Crippen LogP contribution < -0.4 is 16.0 Å². The molecule has 0 saturated carbocycles. The molecular formula is C10H13N3O4. The first kappa shape index (κ1) is 12.9. The van der Waals surface area contributed by atoms with Crippen molar-refractivity contribution < 1.29 is 14.5 Å². The topological polar surface area (TPSA) is 107 Å². The number of hydrogen-bond acceptors (Lipinski definition) is 5. The molecule has 0 aromatic heterocycles. The Kier molecular flexibility index (Phi) is 4.41. The molecule has 0 saturated heterocycles. The van der Waals surface area contributed by atoms with Crippen LogP contribution in [0.4, 0.5) is 5.69 Å². The molecule has 0 fully saturated rings. The second kappa shape index (κ2) is 5.80. The highest BCUT2D eigenvalue weighted by Crippen LogP contribution is 2.27. The predicted octanol–water partition coefficient (Wildman–Crippen LogP) is 0.662. The molecule has 17 heavy (non-hydrogen) atoms. The van der Waals surface area contributed by atoms with E-state index in [-0.39, 0.29) is 30.4 Å². The van der Waals surface area contributed by atoms with Gasteiger partial charge in [0.15, 0.2) is 5.75 Å².